The summed E-state index contributed by atoms with van der Waals surface area (Å²) >= 11 is 0. The third kappa shape index (κ3) is 5.41. The van der Waals surface area contributed by atoms with Crippen LogP contribution in [0, 0.1) is 5.92 Å². The van der Waals surface area contributed by atoms with Gasteiger partial charge in [0.2, 0.25) is 0 Å². The summed E-state index contributed by atoms with van der Waals surface area (Å²) in [5.74, 6) is 0.683. The van der Waals surface area contributed by atoms with Crippen molar-refractivity contribution in [1.29, 1.82) is 0 Å². The molecule has 0 radical (unpaired) electrons. The highest BCUT2D eigenvalue weighted by Gasteiger charge is 2.33. The molecule has 0 aromatic heterocycles. The van der Waals surface area contributed by atoms with E-state index in [-0.39, 0.29) is 5.97 Å². The van der Waals surface area contributed by atoms with Crippen LogP contribution in [0.1, 0.15) is 52.4 Å². The Morgan fingerprint density at radius 3 is 2.55 bits per heavy atom. The minimum atomic E-state index is -0.565. The van der Waals surface area contributed by atoms with Crippen molar-refractivity contribution in [2.45, 2.75) is 57.9 Å². The van der Waals surface area contributed by atoms with Gasteiger partial charge in [-0.05, 0) is 45.7 Å². The first kappa shape index (κ1) is 17.4. The molecule has 0 heterocycles. The van der Waals surface area contributed by atoms with Gasteiger partial charge in [-0.25, -0.2) is 0 Å². The molecule has 1 atom stereocenters. The van der Waals surface area contributed by atoms with Gasteiger partial charge in [-0.1, -0.05) is 26.2 Å². The maximum Gasteiger partial charge on any atom is 0.325 e. The molecule has 118 valence electrons. The fourth-order valence-electron chi connectivity index (χ4n) is 3.19. The normalized spacial score (nSPS) is 19.9. The third-order valence-corrected chi connectivity index (χ3v) is 4.49. The average molecular weight is 284 g/mol. The summed E-state index contributed by atoms with van der Waals surface area (Å²) in [7, 11) is 3.63. The topological polar surface area (TPSA) is 41.6 Å². The molecule has 1 aliphatic carbocycles. The zero-order chi connectivity index (χ0) is 15.0. The number of likely N-dealkylation sites (N-methyl/N-ethyl adjacent to an activating group) is 1. The lowest BCUT2D eigenvalue weighted by molar-refractivity contribution is -0.148. The minimum Gasteiger partial charge on any atom is -0.468 e. The van der Waals surface area contributed by atoms with Crippen LogP contribution in [0.25, 0.3) is 0 Å². The molecule has 20 heavy (non-hydrogen) atoms. The lowest BCUT2D eigenvalue weighted by atomic mass is 9.89. The van der Waals surface area contributed by atoms with Crippen LogP contribution >= 0.6 is 0 Å². The molecule has 0 spiro atoms. The molecule has 4 heteroatoms. The molecule has 1 saturated carbocycles. The highest BCUT2D eigenvalue weighted by Crippen LogP contribution is 2.24. The molecule has 0 aromatic rings. The number of nitrogens with one attached hydrogen (secondary N) is 1. The zero-order valence-electron chi connectivity index (χ0n) is 13.7. The Hall–Kier alpha value is -0.610. The molecular weight excluding hydrogens is 252 g/mol. The van der Waals surface area contributed by atoms with Crippen LogP contribution in [-0.2, 0) is 9.53 Å². The molecule has 1 unspecified atom stereocenters. The van der Waals surface area contributed by atoms with Gasteiger partial charge >= 0.3 is 5.97 Å². The van der Waals surface area contributed by atoms with Gasteiger partial charge in [0.15, 0.2) is 0 Å². The standard InChI is InChI=1S/C16H32N2O2/c1-5-17-16(2,15(19)20-4)11-12-18(3)13-14-9-7-6-8-10-14/h14,17H,5-13H2,1-4H3. The van der Waals surface area contributed by atoms with Gasteiger partial charge in [-0.15, -0.1) is 0 Å². The van der Waals surface area contributed by atoms with E-state index in [0.717, 1.165) is 32.0 Å². The molecule has 0 aromatic carbocycles. The number of hydrogen-bond donors (Lipinski definition) is 1. The molecular formula is C16H32N2O2. The number of hydrogen-bond acceptors (Lipinski definition) is 4. The maximum absolute atomic E-state index is 11.9. The quantitative estimate of drug-likeness (QED) is 0.695. The Morgan fingerprint density at radius 1 is 1.35 bits per heavy atom. The first-order valence-corrected chi connectivity index (χ1v) is 8.04. The van der Waals surface area contributed by atoms with Crippen molar-refractivity contribution >= 4 is 5.97 Å². The van der Waals surface area contributed by atoms with E-state index in [0.29, 0.717) is 0 Å². The van der Waals surface area contributed by atoms with E-state index in [1.165, 1.54) is 39.2 Å². The van der Waals surface area contributed by atoms with Crippen molar-refractivity contribution in [1.82, 2.24) is 10.2 Å². The number of nitrogens with zero attached hydrogens (tertiary/aromatic N) is 1. The second-order valence-corrected chi connectivity index (χ2v) is 6.37. The molecule has 0 saturated heterocycles. The van der Waals surface area contributed by atoms with Crippen LogP contribution in [0.5, 0.6) is 0 Å². The van der Waals surface area contributed by atoms with E-state index in [9.17, 15) is 4.79 Å². The summed E-state index contributed by atoms with van der Waals surface area (Å²) in [5.41, 5.74) is -0.565. The summed E-state index contributed by atoms with van der Waals surface area (Å²) in [5, 5.41) is 3.27. The SMILES string of the molecule is CCNC(C)(CCN(C)CC1CCCCC1)C(=O)OC. The van der Waals surface area contributed by atoms with Crippen molar-refractivity contribution in [3.05, 3.63) is 0 Å². The highest BCUT2D eigenvalue weighted by molar-refractivity contribution is 5.80. The zero-order valence-corrected chi connectivity index (χ0v) is 13.7. The van der Waals surface area contributed by atoms with Gasteiger partial charge in [0.1, 0.15) is 5.54 Å². The van der Waals surface area contributed by atoms with Crippen LogP contribution in [0.15, 0.2) is 0 Å². The van der Waals surface area contributed by atoms with Crippen molar-refractivity contribution in [3.63, 3.8) is 0 Å². The molecule has 1 aliphatic rings. The van der Waals surface area contributed by atoms with Crippen molar-refractivity contribution in [3.8, 4) is 0 Å². The first-order valence-electron chi connectivity index (χ1n) is 8.04. The van der Waals surface area contributed by atoms with Crippen LogP contribution in [-0.4, -0.2) is 50.2 Å². The van der Waals surface area contributed by atoms with Crippen LogP contribution < -0.4 is 5.32 Å². The van der Waals surface area contributed by atoms with E-state index >= 15 is 0 Å². The van der Waals surface area contributed by atoms with Gasteiger partial charge in [-0.2, -0.15) is 0 Å². The molecule has 1 N–H and O–H groups in total. The lowest BCUT2D eigenvalue weighted by Gasteiger charge is -2.31. The predicted octanol–water partition coefficient (Wildman–Crippen LogP) is 2.43. The predicted molar refractivity (Wildman–Crippen MR) is 82.8 cm³/mol. The van der Waals surface area contributed by atoms with Crippen molar-refractivity contribution in [2.75, 3.05) is 33.8 Å². The number of ether oxygens (including phenoxy) is 1. The monoisotopic (exact) mass is 284 g/mol. The third-order valence-electron chi connectivity index (χ3n) is 4.49. The smallest absolute Gasteiger partial charge is 0.325 e. The van der Waals surface area contributed by atoms with Gasteiger partial charge in [-0.3, -0.25) is 4.79 Å². The first-order chi connectivity index (χ1) is 9.51. The summed E-state index contributed by atoms with van der Waals surface area (Å²) in [6, 6.07) is 0. The summed E-state index contributed by atoms with van der Waals surface area (Å²) in [4.78, 5) is 14.3. The Bertz CT molecular complexity index is 290. The number of esters is 1. The average Bonchev–Trinajstić information content (AvgIpc) is 2.45. The van der Waals surface area contributed by atoms with Gasteiger partial charge in [0.25, 0.3) is 0 Å². The summed E-state index contributed by atoms with van der Waals surface area (Å²) in [6.07, 6.45) is 7.70. The van der Waals surface area contributed by atoms with E-state index in [2.05, 4.69) is 17.3 Å². The van der Waals surface area contributed by atoms with Crippen LogP contribution in [0.4, 0.5) is 0 Å². The van der Waals surface area contributed by atoms with Crippen molar-refractivity contribution in [2.24, 2.45) is 5.92 Å². The van der Waals surface area contributed by atoms with Crippen LogP contribution in [0.3, 0.4) is 0 Å². The second-order valence-electron chi connectivity index (χ2n) is 6.37. The minimum absolute atomic E-state index is 0.162. The fraction of sp³-hybridized carbons (Fsp3) is 0.938. The van der Waals surface area contributed by atoms with Gasteiger partial charge < -0.3 is 15.0 Å². The number of rotatable bonds is 8. The van der Waals surface area contributed by atoms with E-state index in [4.69, 9.17) is 4.74 Å². The molecule has 1 fully saturated rings. The van der Waals surface area contributed by atoms with E-state index < -0.39 is 5.54 Å². The molecule has 0 bridgehead atoms. The highest BCUT2D eigenvalue weighted by atomic mass is 16.5. The number of carbonyl (C=O) groups is 1. The maximum atomic E-state index is 11.9. The Kier molecular flexibility index (Phi) is 7.52. The van der Waals surface area contributed by atoms with Gasteiger partial charge in [0.05, 0.1) is 7.11 Å². The Labute approximate surface area is 124 Å². The lowest BCUT2D eigenvalue weighted by Crippen LogP contribution is -2.51. The summed E-state index contributed by atoms with van der Waals surface area (Å²) in [6.45, 7) is 6.82. The summed E-state index contributed by atoms with van der Waals surface area (Å²) < 4.78 is 4.93. The Balaban J connectivity index is 2.39. The molecule has 1 rings (SSSR count). The van der Waals surface area contributed by atoms with E-state index in [1.54, 1.807) is 0 Å². The van der Waals surface area contributed by atoms with Gasteiger partial charge in [0, 0.05) is 13.1 Å². The van der Waals surface area contributed by atoms with E-state index in [1.807, 2.05) is 13.8 Å². The number of carbonyl (C=O) groups excluding carboxylic acids is 1. The Morgan fingerprint density at radius 2 is 2.00 bits per heavy atom. The molecule has 4 nitrogen and oxygen atoms in total. The largest absolute Gasteiger partial charge is 0.468 e. The fourth-order valence-corrected chi connectivity index (χ4v) is 3.19. The van der Waals surface area contributed by atoms with Crippen molar-refractivity contribution < 1.29 is 9.53 Å². The molecule has 0 amide bonds. The number of methoxy groups -OCH3 is 1. The van der Waals surface area contributed by atoms with Crippen LogP contribution in [0.2, 0.25) is 0 Å². The second kappa shape index (κ2) is 8.63. The molecule has 0 aliphatic heterocycles.